The summed E-state index contributed by atoms with van der Waals surface area (Å²) in [5.41, 5.74) is 4.45. The minimum atomic E-state index is 0.210. The molecule has 4 bridgehead atoms. The highest BCUT2D eigenvalue weighted by Gasteiger charge is 2.51. The number of nitrogens with one attached hydrogen (secondary N) is 2. The summed E-state index contributed by atoms with van der Waals surface area (Å²) in [6.45, 7) is 0. The Bertz CT molecular complexity index is 1340. The summed E-state index contributed by atoms with van der Waals surface area (Å²) in [4.78, 5) is 0. The van der Waals surface area contributed by atoms with Crippen LogP contribution in [0.3, 0.4) is 0 Å². The molecule has 0 heterocycles. The third-order valence-electron chi connectivity index (χ3n) is 8.35. The van der Waals surface area contributed by atoms with Gasteiger partial charge in [0.2, 0.25) is 0 Å². The summed E-state index contributed by atoms with van der Waals surface area (Å²) in [6.07, 6.45) is 10.1. The van der Waals surface area contributed by atoms with Crippen molar-refractivity contribution in [3.05, 3.63) is 60.2 Å². The second-order valence-corrected chi connectivity index (χ2v) is 10.9. The Kier molecular flexibility index (Phi) is 4.05. The Morgan fingerprint density at radius 3 is 2.09 bits per heavy atom. The molecule has 4 saturated carbocycles. The van der Waals surface area contributed by atoms with Crippen molar-refractivity contribution in [2.24, 2.45) is 22.9 Å². The van der Waals surface area contributed by atoms with Gasteiger partial charge in [0.15, 0.2) is 5.11 Å². The lowest BCUT2D eigenvalue weighted by atomic mass is 9.53. The Labute approximate surface area is 193 Å². The summed E-state index contributed by atoms with van der Waals surface area (Å²) in [7, 11) is 0. The molecular formula is C28H27N3S. The molecule has 4 aromatic rings. The number of hydrogen-bond donors (Lipinski definition) is 2. The molecular weight excluding hydrogens is 410 g/mol. The van der Waals surface area contributed by atoms with Crippen molar-refractivity contribution in [2.45, 2.75) is 44.1 Å². The van der Waals surface area contributed by atoms with Gasteiger partial charge in [-0.3, -0.25) is 5.43 Å². The average molecular weight is 438 g/mol. The molecule has 32 heavy (non-hydrogen) atoms. The molecule has 8 rings (SSSR count). The molecule has 0 aliphatic heterocycles. The highest BCUT2D eigenvalue weighted by Crippen LogP contribution is 2.55. The number of thiocarbonyl (C=S) groups is 1. The van der Waals surface area contributed by atoms with E-state index in [1.54, 1.807) is 0 Å². The van der Waals surface area contributed by atoms with E-state index in [0.29, 0.717) is 5.11 Å². The Balaban J connectivity index is 1.14. The molecule has 4 aromatic carbocycles. The summed E-state index contributed by atoms with van der Waals surface area (Å²) in [6, 6.07) is 19.7. The maximum absolute atomic E-state index is 5.67. The van der Waals surface area contributed by atoms with Crippen LogP contribution >= 0.6 is 12.2 Å². The van der Waals surface area contributed by atoms with Crippen molar-refractivity contribution in [2.75, 3.05) is 0 Å². The van der Waals surface area contributed by atoms with Crippen molar-refractivity contribution >= 4 is 55.9 Å². The van der Waals surface area contributed by atoms with E-state index < -0.39 is 0 Å². The van der Waals surface area contributed by atoms with Crippen molar-refractivity contribution in [3.63, 3.8) is 0 Å². The lowest BCUT2D eigenvalue weighted by Crippen LogP contribution is -2.61. The van der Waals surface area contributed by atoms with Gasteiger partial charge in [0.05, 0.1) is 6.21 Å². The molecule has 3 nitrogen and oxygen atoms in total. The molecule has 160 valence electrons. The van der Waals surface area contributed by atoms with Crippen LogP contribution in [0.5, 0.6) is 0 Å². The van der Waals surface area contributed by atoms with Crippen LogP contribution in [-0.2, 0) is 0 Å². The first kappa shape index (κ1) is 18.8. The molecule has 4 aliphatic carbocycles. The van der Waals surface area contributed by atoms with Gasteiger partial charge in [0, 0.05) is 11.1 Å². The molecule has 4 heteroatoms. The quantitative estimate of drug-likeness (QED) is 0.170. The van der Waals surface area contributed by atoms with Crippen molar-refractivity contribution in [1.29, 1.82) is 0 Å². The Morgan fingerprint density at radius 2 is 1.41 bits per heavy atom. The van der Waals surface area contributed by atoms with Gasteiger partial charge in [-0.1, -0.05) is 54.6 Å². The van der Waals surface area contributed by atoms with Gasteiger partial charge in [0.1, 0.15) is 0 Å². The maximum Gasteiger partial charge on any atom is 0.187 e. The van der Waals surface area contributed by atoms with Gasteiger partial charge in [-0.25, -0.2) is 0 Å². The number of benzene rings is 4. The largest absolute Gasteiger partial charge is 0.356 e. The minimum Gasteiger partial charge on any atom is -0.356 e. The van der Waals surface area contributed by atoms with E-state index >= 15 is 0 Å². The SMILES string of the molecule is S=C(N/N=C/c1ccc2ccc3cccc4ccc1c2c34)NC12CC3CC(CC(C3)C1)C2. The zero-order valence-corrected chi connectivity index (χ0v) is 18.9. The minimum absolute atomic E-state index is 0.210. The van der Waals surface area contributed by atoms with Crippen LogP contribution in [0.4, 0.5) is 0 Å². The highest BCUT2D eigenvalue weighted by molar-refractivity contribution is 7.80. The summed E-state index contributed by atoms with van der Waals surface area (Å²) < 4.78 is 0. The van der Waals surface area contributed by atoms with Gasteiger partial charge < -0.3 is 5.32 Å². The van der Waals surface area contributed by atoms with Crippen molar-refractivity contribution in [1.82, 2.24) is 10.7 Å². The standard InChI is InChI=1S/C28H27N3S/c32-27(30-28-13-17-10-18(14-28)12-19(11-17)15-28)31-29-16-23-7-6-22-5-4-20-2-1-3-21-8-9-24(23)26(22)25(20)21/h1-9,16-19H,10-15H2,(H2,30,31,32)/b29-16+. The zero-order chi connectivity index (χ0) is 21.3. The first-order chi connectivity index (χ1) is 15.7. The molecule has 4 aliphatic rings. The number of rotatable bonds is 3. The first-order valence-corrected chi connectivity index (χ1v) is 12.3. The topological polar surface area (TPSA) is 36.4 Å². The fraction of sp³-hybridized carbons (Fsp3) is 0.357. The van der Waals surface area contributed by atoms with Crippen LogP contribution in [0, 0.1) is 17.8 Å². The van der Waals surface area contributed by atoms with Crippen molar-refractivity contribution in [3.8, 4) is 0 Å². The number of hydrazone groups is 1. The third kappa shape index (κ3) is 2.92. The fourth-order valence-corrected chi connectivity index (χ4v) is 7.83. The highest BCUT2D eigenvalue weighted by atomic mass is 32.1. The third-order valence-corrected chi connectivity index (χ3v) is 8.54. The summed E-state index contributed by atoms with van der Waals surface area (Å²) >= 11 is 5.67. The van der Waals surface area contributed by atoms with E-state index in [0.717, 1.165) is 23.3 Å². The van der Waals surface area contributed by atoms with Crippen LogP contribution in [0.2, 0.25) is 0 Å². The lowest BCUT2D eigenvalue weighted by Gasteiger charge is -2.57. The number of nitrogens with zero attached hydrogens (tertiary/aromatic N) is 1. The van der Waals surface area contributed by atoms with Crippen LogP contribution in [-0.4, -0.2) is 16.9 Å². The van der Waals surface area contributed by atoms with E-state index in [9.17, 15) is 0 Å². The summed E-state index contributed by atoms with van der Waals surface area (Å²) in [5, 5.41) is 16.6. The van der Waals surface area contributed by atoms with Crippen LogP contribution in [0.1, 0.15) is 44.1 Å². The fourth-order valence-electron chi connectivity index (χ4n) is 7.56. The van der Waals surface area contributed by atoms with Gasteiger partial charge >= 0.3 is 0 Å². The Morgan fingerprint density at radius 1 is 0.812 bits per heavy atom. The molecule has 0 aromatic heterocycles. The molecule has 0 saturated heterocycles. The number of hydrogen-bond acceptors (Lipinski definition) is 2. The van der Waals surface area contributed by atoms with E-state index in [1.807, 2.05) is 6.21 Å². The van der Waals surface area contributed by atoms with Gasteiger partial charge in [-0.05, 0) is 101 Å². The van der Waals surface area contributed by atoms with E-state index in [-0.39, 0.29) is 5.54 Å². The predicted octanol–water partition coefficient (Wildman–Crippen LogP) is 6.35. The monoisotopic (exact) mass is 437 g/mol. The molecule has 0 radical (unpaired) electrons. The van der Waals surface area contributed by atoms with Crippen LogP contribution in [0.15, 0.2) is 59.7 Å². The molecule has 0 amide bonds. The van der Waals surface area contributed by atoms with E-state index in [1.165, 1.54) is 70.8 Å². The second kappa shape index (κ2) is 6.89. The van der Waals surface area contributed by atoms with E-state index in [4.69, 9.17) is 12.2 Å². The first-order valence-electron chi connectivity index (χ1n) is 11.9. The Hall–Kier alpha value is -2.72. The lowest BCUT2D eigenvalue weighted by molar-refractivity contribution is -0.0101. The molecule has 0 unspecified atom stereocenters. The van der Waals surface area contributed by atoms with Gasteiger partial charge in [-0.15, -0.1) is 0 Å². The molecule has 0 atom stereocenters. The molecule has 4 fully saturated rings. The molecule has 0 spiro atoms. The maximum atomic E-state index is 5.67. The predicted molar refractivity (Wildman–Crippen MR) is 138 cm³/mol. The van der Waals surface area contributed by atoms with Crippen LogP contribution in [0.25, 0.3) is 32.3 Å². The van der Waals surface area contributed by atoms with Crippen LogP contribution < -0.4 is 10.7 Å². The zero-order valence-electron chi connectivity index (χ0n) is 18.1. The smallest absolute Gasteiger partial charge is 0.187 e. The summed E-state index contributed by atoms with van der Waals surface area (Å²) in [5.74, 6) is 2.70. The van der Waals surface area contributed by atoms with Gasteiger partial charge in [-0.2, -0.15) is 5.10 Å². The van der Waals surface area contributed by atoms with E-state index in [2.05, 4.69) is 70.4 Å². The molecule has 2 N–H and O–H groups in total. The average Bonchev–Trinajstić information content (AvgIpc) is 2.77. The normalized spacial score (nSPS) is 28.9. The second-order valence-electron chi connectivity index (χ2n) is 10.5. The van der Waals surface area contributed by atoms with Gasteiger partial charge in [0.25, 0.3) is 0 Å². The van der Waals surface area contributed by atoms with Crippen molar-refractivity contribution < 1.29 is 0 Å².